The summed E-state index contributed by atoms with van der Waals surface area (Å²) in [7, 11) is 0. The van der Waals surface area contributed by atoms with Crippen molar-refractivity contribution in [3.63, 3.8) is 0 Å². The van der Waals surface area contributed by atoms with Crippen molar-refractivity contribution in [2.75, 3.05) is 0 Å². The van der Waals surface area contributed by atoms with Crippen molar-refractivity contribution in [1.82, 2.24) is 0 Å². The van der Waals surface area contributed by atoms with Gasteiger partial charge in [0.25, 0.3) is 0 Å². The Morgan fingerprint density at radius 3 is 2.56 bits per heavy atom. The van der Waals surface area contributed by atoms with Crippen LogP contribution in [-0.4, -0.2) is 6.04 Å². The van der Waals surface area contributed by atoms with E-state index in [-0.39, 0.29) is 17.3 Å². The van der Waals surface area contributed by atoms with Crippen molar-refractivity contribution < 1.29 is 4.39 Å². The Hall–Kier alpha value is -0.890. The third-order valence-electron chi connectivity index (χ3n) is 4.49. The predicted octanol–water partition coefficient (Wildman–Crippen LogP) is 3.45. The van der Waals surface area contributed by atoms with Crippen LogP contribution in [0.2, 0.25) is 0 Å². The van der Waals surface area contributed by atoms with Gasteiger partial charge in [0.15, 0.2) is 0 Å². The average molecular weight is 221 g/mol. The lowest BCUT2D eigenvalue weighted by Gasteiger charge is -2.55. The largest absolute Gasteiger partial charge is 0.327 e. The average Bonchev–Trinajstić information content (AvgIpc) is 2.27. The molecule has 0 amide bonds. The van der Waals surface area contributed by atoms with Crippen LogP contribution in [0.4, 0.5) is 4.39 Å². The summed E-state index contributed by atoms with van der Waals surface area (Å²) in [6.45, 7) is 4.38. The van der Waals surface area contributed by atoms with Gasteiger partial charge in [-0.25, -0.2) is 4.39 Å². The van der Waals surface area contributed by atoms with Crippen LogP contribution in [0, 0.1) is 11.2 Å². The fourth-order valence-corrected chi connectivity index (χ4v) is 3.28. The summed E-state index contributed by atoms with van der Waals surface area (Å²) in [4.78, 5) is 0. The molecule has 2 unspecified atom stereocenters. The number of rotatable bonds is 3. The molecule has 0 spiro atoms. The number of hydrogen-bond donors (Lipinski definition) is 1. The smallest absolute Gasteiger partial charge is 0.123 e. The van der Waals surface area contributed by atoms with E-state index in [0.717, 1.165) is 24.8 Å². The first-order chi connectivity index (χ1) is 7.64. The van der Waals surface area contributed by atoms with Gasteiger partial charge in [-0.3, -0.25) is 0 Å². The van der Waals surface area contributed by atoms with Gasteiger partial charge in [0.05, 0.1) is 0 Å². The SMILES string of the molecule is CCC1(CC)C(N)CC1c1cccc(F)c1. The third-order valence-corrected chi connectivity index (χ3v) is 4.49. The molecule has 16 heavy (non-hydrogen) atoms. The van der Waals surface area contributed by atoms with E-state index in [1.54, 1.807) is 12.1 Å². The lowest BCUT2D eigenvalue weighted by molar-refractivity contribution is 0.0436. The molecule has 2 heteroatoms. The minimum absolute atomic E-state index is 0.140. The van der Waals surface area contributed by atoms with E-state index >= 15 is 0 Å². The molecule has 0 aromatic heterocycles. The van der Waals surface area contributed by atoms with Crippen LogP contribution in [0.1, 0.15) is 44.6 Å². The number of hydrogen-bond acceptors (Lipinski definition) is 1. The van der Waals surface area contributed by atoms with Gasteiger partial charge in [-0.1, -0.05) is 26.0 Å². The van der Waals surface area contributed by atoms with Crippen LogP contribution in [-0.2, 0) is 0 Å². The summed E-state index contributed by atoms with van der Waals surface area (Å²) >= 11 is 0. The number of benzene rings is 1. The van der Waals surface area contributed by atoms with E-state index in [1.165, 1.54) is 6.07 Å². The molecule has 0 radical (unpaired) electrons. The van der Waals surface area contributed by atoms with Crippen LogP contribution >= 0.6 is 0 Å². The van der Waals surface area contributed by atoms with E-state index < -0.39 is 0 Å². The van der Waals surface area contributed by atoms with Gasteiger partial charge in [-0.2, -0.15) is 0 Å². The van der Waals surface area contributed by atoms with Crippen molar-refractivity contribution in [2.45, 2.75) is 45.1 Å². The molecule has 88 valence electrons. The quantitative estimate of drug-likeness (QED) is 0.831. The van der Waals surface area contributed by atoms with Crippen LogP contribution in [0.25, 0.3) is 0 Å². The molecule has 1 saturated carbocycles. The van der Waals surface area contributed by atoms with Gasteiger partial charge in [0.2, 0.25) is 0 Å². The van der Waals surface area contributed by atoms with Crippen molar-refractivity contribution in [2.24, 2.45) is 11.1 Å². The monoisotopic (exact) mass is 221 g/mol. The first kappa shape index (κ1) is 11.6. The second kappa shape index (κ2) is 4.17. The molecule has 2 atom stereocenters. The molecule has 0 bridgehead atoms. The zero-order valence-electron chi connectivity index (χ0n) is 10.0. The Bertz CT molecular complexity index is 371. The standard InChI is InChI=1S/C14H20FN/c1-3-14(4-2)12(9-13(14)16)10-6-5-7-11(15)8-10/h5-8,12-13H,3-4,9,16H2,1-2H3. The molecule has 1 aromatic rings. The highest BCUT2D eigenvalue weighted by atomic mass is 19.1. The number of halogens is 1. The molecule has 0 saturated heterocycles. The second-order valence-electron chi connectivity index (χ2n) is 4.89. The van der Waals surface area contributed by atoms with Crippen LogP contribution in [0.5, 0.6) is 0 Å². The molecule has 2 N–H and O–H groups in total. The molecule has 0 aliphatic heterocycles. The molecular formula is C14H20FN. The van der Waals surface area contributed by atoms with Crippen LogP contribution in [0.3, 0.4) is 0 Å². The van der Waals surface area contributed by atoms with Gasteiger partial charge in [-0.15, -0.1) is 0 Å². The van der Waals surface area contributed by atoms with Crippen molar-refractivity contribution in [3.8, 4) is 0 Å². The Morgan fingerprint density at radius 2 is 2.06 bits per heavy atom. The summed E-state index contributed by atoms with van der Waals surface area (Å²) in [5.41, 5.74) is 7.46. The fourth-order valence-electron chi connectivity index (χ4n) is 3.28. The molecular weight excluding hydrogens is 201 g/mol. The van der Waals surface area contributed by atoms with E-state index in [4.69, 9.17) is 5.73 Å². The highest BCUT2D eigenvalue weighted by Crippen LogP contribution is 2.56. The molecule has 1 aliphatic rings. The van der Waals surface area contributed by atoms with Crippen molar-refractivity contribution >= 4 is 0 Å². The maximum atomic E-state index is 13.2. The molecule has 1 nitrogen and oxygen atoms in total. The van der Waals surface area contributed by atoms with Crippen molar-refractivity contribution in [1.29, 1.82) is 0 Å². The second-order valence-corrected chi connectivity index (χ2v) is 4.89. The molecule has 2 rings (SSSR count). The predicted molar refractivity (Wildman–Crippen MR) is 64.7 cm³/mol. The van der Waals surface area contributed by atoms with Crippen molar-refractivity contribution in [3.05, 3.63) is 35.6 Å². The minimum Gasteiger partial charge on any atom is -0.327 e. The first-order valence-electron chi connectivity index (χ1n) is 6.15. The summed E-state index contributed by atoms with van der Waals surface area (Å²) in [5.74, 6) is 0.298. The summed E-state index contributed by atoms with van der Waals surface area (Å²) < 4.78 is 13.2. The fraction of sp³-hybridized carbons (Fsp3) is 0.571. The zero-order chi connectivity index (χ0) is 11.8. The summed E-state index contributed by atoms with van der Waals surface area (Å²) in [6, 6.07) is 7.26. The van der Waals surface area contributed by atoms with Gasteiger partial charge in [0, 0.05) is 6.04 Å². The van der Waals surface area contributed by atoms with E-state index in [1.807, 2.05) is 6.07 Å². The zero-order valence-corrected chi connectivity index (χ0v) is 10.0. The van der Waals surface area contributed by atoms with Crippen LogP contribution < -0.4 is 5.73 Å². The Kier molecular flexibility index (Phi) is 3.02. The highest BCUT2D eigenvalue weighted by molar-refractivity contribution is 5.28. The van der Waals surface area contributed by atoms with E-state index in [2.05, 4.69) is 13.8 Å². The van der Waals surface area contributed by atoms with Gasteiger partial charge in [-0.05, 0) is 48.3 Å². The number of nitrogens with two attached hydrogens (primary N) is 1. The minimum atomic E-state index is -0.140. The van der Waals surface area contributed by atoms with Gasteiger partial charge < -0.3 is 5.73 Å². The Morgan fingerprint density at radius 1 is 1.38 bits per heavy atom. The Labute approximate surface area is 96.9 Å². The van der Waals surface area contributed by atoms with Crippen LogP contribution in [0.15, 0.2) is 24.3 Å². The maximum absolute atomic E-state index is 13.2. The topological polar surface area (TPSA) is 26.0 Å². The molecule has 0 heterocycles. The van der Waals surface area contributed by atoms with Gasteiger partial charge >= 0.3 is 0 Å². The van der Waals surface area contributed by atoms with E-state index in [9.17, 15) is 4.39 Å². The summed E-state index contributed by atoms with van der Waals surface area (Å²) in [5, 5.41) is 0. The third kappa shape index (κ3) is 1.56. The molecule has 1 aromatic carbocycles. The lowest BCUT2D eigenvalue weighted by atomic mass is 9.52. The Balaban J connectivity index is 2.29. The normalized spacial score (nSPS) is 27.5. The molecule has 1 fully saturated rings. The maximum Gasteiger partial charge on any atom is 0.123 e. The highest BCUT2D eigenvalue weighted by Gasteiger charge is 2.50. The van der Waals surface area contributed by atoms with E-state index in [0.29, 0.717) is 5.92 Å². The first-order valence-corrected chi connectivity index (χ1v) is 6.15. The molecule has 1 aliphatic carbocycles. The lowest BCUT2D eigenvalue weighted by Crippen LogP contribution is -2.55. The van der Waals surface area contributed by atoms with Gasteiger partial charge in [0.1, 0.15) is 5.82 Å². The summed E-state index contributed by atoms with van der Waals surface area (Å²) in [6.07, 6.45) is 3.14.